The van der Waals surface area contributed by atoms with Crippen molar-refractivity contribution in [1.82, 2.24) is 0 Å². The highest BCUT2D eigenvalue weighted by Crippen LogP contribution is 2.17. The predicted molar refractivity (Wildman–Crippen MR) is 43.0 cm³/mol. The van der Waals surface area contributed by atoms with E-state index >= 15 is 0 Å². The Morgan fingerprint density at radius 3 is 2.57 bits per heavy atom. The molecule has 1 saturated heterocycles. The number of hydrogen-bond acceptors (Lipinski definition) is 7. The molecular formula is C7H13NO6. The van der Waals surface area contributed by atoms with Gasteiger partial charge in [-0.3, -0.25) is 10.5 Å². The zero-order valence-corrected chi connectivity index (χ0v) is 7.28. The molecule has 1 fully saturated rings. The second-order valence-electron chi connectivity index (χ2n) is 3.11. The first-order valence-corrected chi connectivity index (χ1v) is 4.09. The number of aliphatic hydroxyl groups excluding tert-OH is 4. The summed E-state index contributed by atoms with van der Waals surface area (Å²) < 4.78 is 4.74. The summed E-state index contributed by atoms with van der Waals surface area (Å²) in [4.78, 5) is 11.0. The second kappa shape index (κ2) is 4.30. The molecule has 1 aliphatic rings. The van der Waals surface area contributed by atoms with Gasteiger partial charge in [0.25, 0.3) is 0 Å². The van der Waals surface area contributed by atoms with Crippen LogP contribution in [0.3, 0.4) is 0 Å². The summed E-state index contributed by atoms with van der Waals surface area (Å²) in [6.07, 6.45) is -7.31. The third-order valence-electron chi connectivity index (χ3n) is 2.10. The van der Waals surface area contributed by atoms with Crippen LogP contribution in [0.1, 0.15) is 0 Å². The molecule has 1 aliphatic heterocycles. The third kappa shape index (κ3) is 1.92. The Kier molecular flexibility index (Phi) is 3.53. The fourth-order valence-corrected chi connectivity index (χ4v) is 1.26. The van der Waals surface area contributed by atoms with Crippen molar-refractivity contribution in [3.05, 3.63) is 0 Å². The van der Waals surface area contributed by atoms with E-state index < -0.39 is 43.0 Å². The molecule has 1 rings (SSSR count). The molecule has 0 aliphatic carbocycles. The van der Waals surface area contributed by atoms with Crippen LogP contribution in [0.4, 0.5) is 0 Å². The molecule has 1 heterocycles. The molecule has 0 aromatic rings. The van der Waals surface area contributed by atoms with Gasteiger partial charge in [0.2, 0.25) is 5.78 Å². The van der Waals surface area contributed by atoms with E-state index in [1.54, 1.807) is 0 Å². The van der Waals surface area contributed by atoms with Crippen LogP contribution < -0.4 is 5.73 Å². The summed E-state index contributed by atoms with van der Waals surface area (Å²) in [6.45, 7) is -0.657. The van der Waals surface area contributed by atoms with Gasteiger partial charge in [-0.15, -0.1) is 0 Å². The van der Waals surface area contributed by atoms with E-state index in [0.29, 0.717) is 0 Å². The smallest absolute Gasteiger partial charge is 0.207 e. The van der Waals surface area contributed by atoms with Gasteiger partial charge in [-0.2, -0.15) is 0 Å². The topological polar surface area (TPSA) is 133 Å². The van der Waals surface area contributed by atoms with Crippen LogP contribution in [0.5, 0.6) is 0 Å². The molecule has 0 aromatic heterocycles. The van der Waals surface area contributed by atoms with E-state index in [-0.39, 0.29) is 0 Å². The van der Waals surface area contributed by atoms with Crippen molar-refractivity contribution in [2.75, 3.05) is 6.61 Å². The number of aliphatic hydroxyl groups is 4. The van der Waals surface area contributed by atoms with Gasteiger partial charge in [0.1, 0.15) is 24.4 Å². The summed E-state index contributed by atoms with van der Waals surface area (Å²) in [7, 11) is 0. The Morgan fingerprint density at radius 2 is 2.07 bits per heavy atom. The molecule has 0 unspecified atom stereocenters. The molecular weight excluding hydrogens is 194 g/mol. The van der Waals surface area contributed by atoms with Crippen LogP contribution in [0.2, 0.25) is 0 Å². The minimum atomic E-state index is -1.69. The van der Waals surface area contributed by atoms with Gasteiger partial charge >= 0.3 is 0 Å². The fraction of sp³-hybridized carbons (Fsp3) is 0.857. The lowest BCUT2D eigenvalue weighted by Gasteiger charge is -2.36. The molecule has 0 aromatic carbocycles. The van der Waals surface area contributed by atoms with Crippen LogP contribution in [0, 0.1) is 0 Å². The molecule has 0 saturated carbocycles. The second-order valence-corrected chi connectivity index (χ2v) is 3.11. The predicted octanol–water partition coefficient (Wildman–Crippen LogP) is -3.69. The maximum absolute atomic E-state index is 11.0. The highest BCUT2D eigenvalue weighted by Gasteiger charge is 2.44. The highest BCUT2D eigenvalue weighted by atomic mass is 16.5. The number of hydrogen-bond donors (Lipinski definition) is 5. The first kappa shape index (κ1) is 11.5. The largest absolute Gasteiger partial charge is 0.394 e. The van der Waals surface area contributed by atoms with Crippen LogP contribution in [0.15, 0.2) is 0 Å². The van der Waals surface area contributed by atoms with Crippen LogP contribution >= 0.6 is 0 Å². The Bertz CT molecular complexity index is 222. The Labute approximate surface area is 79.7 Å². The van der Waals surface area contributed by atoms with Gasteiger partial charge in [0.05, 0.1) is 6.61 Å². The Balaban J connectivity index is 2.75. The Hall–Kier alpha value is -0.570. The van der Waals surface area contributed by atoms with E-state index in [1.807, 2.05) is 0 Å². The van der Waals surface area contributed by atoms with Crippen molar-refractivity contribution in [2.45, 2.75) is 30.6 Å². The summed E-state index contributed by atoms with van der Waals surface area (Å²) in [5, 5.41) is 36.2. The molecule has 5 atom stereocenters. The van der Waals surface area contributed by atoms with Crippen LogP contribution in [-0.2, 0) is 9.53 Å². The number of nitrogens with two attached hydrogens (primary N) is 1. The van der Waals surface area contributed by atoms with E-state index in [2.05, 4.69) is 0 Å². The quantitative estimate of drug-likeness (QED) is 0.315. The van der Waals surface area contributed by atoms with E-state index in [1.165, 1.54) is 0 Å². The van der Waals surface area contributed by atoms with Gasteiger partial charge in [-0.25, -0.2) is 0 Å². The SMILES string of the molecule is N[C@@H]1O[C@H]([C@H](O)CO)[C@H](O)[C@@H](O)C1=O. The average Bonchev–Trinajstić information content (AvgIpc) is 2.19. The van der Waals surface area contributed by atoms with Crippen LogP contribution in [0.25, 0.3) is 0 Å². The van der Waals surface area contributed by atoms with Crippen LogP contribution in [-0.4, -0.2) is 63.5 Å². The first-order valence-electron chi connectivity index (χ1n) is 4.09. The minimum absolute atomic E-state index is 0.657. The molecule has 0 bridgehead atoms. The number of ketones is 1. The standard InChI is InChI=1S/C7H13NO6/c8-7-5(13)3(11)4(12)6(14-7)2(10)1-9/h2-4,6-7,9-12H,1,8H2/t2-,3-,4-,6-,7-/m1/s1. The fourth-order valence-electron chi connectivity index (χ4n) is 1.26. The van der Waals surface area contributed by atoms with Gasteiger partial charge in [-0.1, -0.05) is 0 Å². The van der Waals surface area contributed by atoms with Gasteiger partial charge in [-0.05, 0) is 0 Å². The van der Waals surface area contributed by atoms with E-state index in [9.17, 15) is 15.0 Å². The van der Waals surface area contributed by atoms with Crippen molar-refractivity contribution in [2.24, 2.45) is 5.73 Å². The minimum Gasteiger partial charge on any atom is -0.394 e. The lowest BCUT2D eigenvalue weighted by molar-refractivity contribution is -0.201. The maximum Gasteiger partial charge on any atom is 0.207 e. The van der Waals surface area contributed by atoms with Gasteiger partial charge < -0.3 is 25.2 Å². The van der Waals surface area contributed by atoms with Crippen molar-refractivity contribution < 1.29 is 30.0 Å². The summed E-state index contributed by atoms with van der Waals surface area (Å²) in [6, 6.07) is 0. The zero-order valence-electron chi connectivity index (χ0n) is 7.28. The van der Waals surface area contributed by atoms with Crippen molar-refractivity contribution in [1.29, 1.82) is 0 Å². The molecule has 82 valence electrons. The molecule has 7 heteroatoms. The highest BCUT2D eigenvalue weighted by molar-refractivity contribution is 5.88. The summed E-state index contributed by atoms with van der Waals surface area (Å²) >= 11 is 0. The third-order valence-corrected chi connectivity index (χ3v) is 2.10. The molecule has 6 N–H and O–H groups in total. The number of Topliss-reactive ketones (excluding diaryl/α,β-unsaturated/α-hetero) is 1. The van der Waals surface area contributed by atoms with Crippen molar-refractivity contribution >= 4 is 5.78 Å². The normalized spacial score (nSPS) is 41.1. The molecule has 0 radical (unpaired) electrons. The number of ether oxygens (including phenoxy) is 1. The number of carbonyl (C=O) groups is 1. The summed E-state index contributed by atoms with van der Waals surface area (Å²) in [5.74, 6) is -0.848. The van der Waals surface area contributed by atoms with E-state index in [0.717, 1.165) is 0 Å². The number of carbonyl (C=O) groups excluding carboxylic acids is 1. The molecule has 0 spiro atoms. The lowest BCUT2D eigenvalue weighted by atomic mass is 9.96. The van der Waals surface area contributed by atoms with Gasteiger partial charge in [0, 0.05) is 0 Å². The maximum atomic E-state index is 11.0. The molecule has 14 heavy (non-hydrogen) atoms. The monoisotopic (exact) mass is 207 g/mol. The molecule has 7 nitrogen and oxygen atoms in total. The van der Waals surface area contributed by atoms with Crippen molar-refractivity contribution in [3.8, 4) is 0 Å². The average molecular weight is 207 g/mol. The van der Waals surface area contributed by atoms with E-state index in [4.69, 9.17) is 20.7 Å². The summed E-state index contributed by atoms with van der Waals surface area (Å²) in [5.41, 5.74) is 5.18. The van der Waals surface area contributed by atoms with Gasteiger partial charge in [0.15, 0.2) is 6.23 Å². The van der Waals surface area contributed by atoms with Crippen molar-refractivity contribution in [3.63, 3.8) is 0 Å². The first-order chi connectivity index (χ1) is 6.49. The lowest BCUT2D eigenvalue weighted by Crippen LogP contribution is -2.61. The zero-order chi connectivity index (χ0) is 10.9. The molecule has 0 amide bonds. The number of rotatable bonds is 2. The Morgan fingerprint density at radius 1 is 1.50 bits per heavy atom.